The van der Waals surface area contributed by atoms with Gasteiger partial charge in [-0.1, -0.05) is 40.9 Å². The van der Waals surface area contributed by atoms with Gasteiger partial charge in [0.1, 0.15) is 5.15 Å². The highest BCUT2D eigenvalue weighted by Crippen LogP contribution is 2.33. The van der Waals surface area contributed by atoms with Crippen molar-refractivity contribution in [1.82, 2.24) is 9.97 Å². The minimum absolute atomic E-state index is 0.390. The molecule has 0 radical (unpaired) electrons. The van der Waals surface area contributed by atoms with Crippen molar-refractivity contribution in [2.45, 2.75) is 0 Å². The predicted octanol–water partition coefficient (Wildman–Crippen LogP) is 4.71. The van der Waals surface area contributed by atoms with Crippen LogP contribution in [0.25, 0.3) is 11.4 Å². The fourth-order valence-electron chi connectivity index (χ4n) is 1.18. The fourth-order valence-corrected chi connectivity index (χ4v) is 2.13. The van der Waals surface area contributed by atoms with Gasteiger partial charge in [0.2, 0.25) is 0 Å². The summed E-state index contributed by atoms with van der Waals surface area (Å²) < 4.78 is 0.784. The summed E-state index contributed by atoms with van der Waals surface area (Å²) in [7, 11) is 0. The summed E-state index contributed by atoms with van der Waals surface area (Å²) in [5.74, 6) is 0.431. The molecule has 1 aromatic heterocycles. The third-order valence-electron chi connectivity index (χ3n) is 1.89. The van der Waals surface area contributed by atoms with Crippen molar-refractivity contribution in [1.29, 1.82) is 0 Å². The smallest absolute Gasteiger partial charge is 0.163 e. The molecule has 0 aliphatic rings. The van der Waals surface area contributed by atoms with Crippen LogP contribution in [0.15, 0.2) is 24.4 Å². The first-order chi connectivity index (χ1) is 7.59. The van der Waals surface area contributed by atoms with Gasteiger partial charge in [0.25, 0.3) is 0 Å². The average Bonchev–Trinajstić information content (AvgIpc) is 2.23. The number of halogens is 4. The number of rotatable bonds is 1. The van der Waals surface area contributed by atoms with E-state index in [4.69, 9.17) is 34.8 Å². The van der Waals surface area contributed by atoms with Crippen LogP contribution < -0.4 is 0 Å². The molecule has 1 heterocycles. The van der Waals surface area contributed by atoms with Crippen LogP contribution in [-0.4, -0.2) is 9.97 Å². The Bertz CT molecular complexity index is 525. The largest absolute Gasteiger partial charge is 0.235 e. The normalized spacial score (nSPS) is 10.5. The van der Waals surface area contributed by atoms with Crippen molar-refractivity contribution in [3.63, 3.8) is 0 Å². The number of benzene rings is 1. The Morgan fingerprint density at radius 2 is 1.69 bits per heavy atom. The summed E-state index contributed by atoms with van der Waals surface area (Å²) in [4.78, 5) is 8.30. The van der Waals surface area contributed by atoms with Gasteiger partial charge in [-0.05, 0) is 34.7 Å². The van der Waals surface area contributed by atoms with Crippen molar-refractivity contribution in [2.24, 2.45) is 0 Å². The highest BCUT2D eigenvalue weighted by molar-refractivity contribution is 14.1. The minimum Gasteiger partial charge on any atom is -0.235 e. The summed E-state index contributed by atoms with van der Waals surface area (Å²) in [5.41, 5.74) is 0.601. The highest BCUT2D eigenvalue weighted by atomic mass is 127. The summed E-state index contributed by atoms with van der Waals surface area (Å²) >= 11 is 20.1. The molecule has 2 aromatic rings. The molecular formula is C10H4Cl3IN2. The molecule has 0 fully saturated rings. The zero-order valence-electron chi connectivity index (χ0n) is 7.72. The summed E-state index contributed by atoms with van der Waals surface area (Å²) in [6.07, 6.45) is 1.63. The molecule has 2 nitrogen and oxygen atoms in total. The van der Waals surface area contributed by atoms with Crippen LogP contribution in [0.3, 0.4) is 0 Å². The van der Waals surface area contributed by atoms with Crippen molar-refractivity contribution in [3.05, 3.63) is 43.2 Å². The number of hydrogen-bond donors (Lipinski definition) is 0. The molecule has 0 spiro atoms. The fraction of sp³-hybridized carbons (Fsp3) is 0. The minimum atomic E-state index is 0.390. The molecule has 82 valence electrons. The number of nitrogens with zero attached hydrogens (tertiary/aromatic N) is 2. The van der Waals surface area contributed by atoms with Crippen molar-refractivity contribution < 1.29 is 0 Å². The summed E-state index contributed by atoms with van der Waals surface area (Å²) in [6.45, 7) is 0. The lowest BCUT2D eigenvalue weighted by molar-refractivity contribution is 1.16. The van der Waals surface area contributed by atoms with Crippen LogP contribution in [0.4, 0.5) is 0 Å². The van der Waals surface area contributed by atoms with Crippen LogP contribution in [0.5, 0.6) is 0 Å². The molecule has 0 amide bonds. The van der Waals surface area contributed by atoms with Crippen LogP contribution in [-0.2, 0) is 0 Å². The lowest BCUT2D eigenvalue weighted by Gasteiger charge is -2.05. The van der Waals surface area contributed by atoms with Crippen molar-refractivity contribution in [2.75, 3.05) is 0 Å². The zero-order chi connectivity index (χ0) is 11.7. The monoisotopic (exact) mass is 384 g/mol. The van der Waals surface area contributed by atoms with Gasteiger partial charge in [-0.25, -0.2) is 9.97 Å². The molecule has 0 aliphatic heterocycles. The van der Waals surface area contributed by atoms with E-state index in [9.17, 15) is 0 Å². The maximum absolute atomic E-state index is 6.05. The maximum Gasteiger partial charge on any atom is 0.163 e. The van der Waals surface area contributed by atoms with Gasteiger partial charge in [0, 0.05) is 6.20 Å². The van der Waals surface area contributed by atoms with E-state index in [2.05, 4.69) is 32.6 Å². The molecule has 0 saturated heterocycles. The Morgan fingerprint density at radius 3 is 2.25 bits per heavy atom. The van der Waals surface area contributed by atoms with Gasteiger partial charge in [-0.2, -0.15) is 0 Å². The van der Waals surface area contributed by atoms with Crippen molar-refractivity contribution >= 4 is 57.4 Å². The lowest BCUT2D eigenvalue weighted by atomic mass is 10.2. The molecule has 0 unspecified atom stereocenters. The van der Waals surface area contributed by atoms with Gasteiger partial charge in [0.05, 0.1) is 19.2 Å². The van der Waals surface area contributed by atoms with Gasteiger partial charge >= 0.3 is 0 Å². The Morgan fingerprint density at radius 1 is 1.06 bits per heavy atom. The molecule has 2 rings (SSSR count). The zero-order valence-corrected chi connectivity index (χ0v) is 12.1. The first-order valence-electron chi connectivity index (χ1n) is 4.22. The number of aromatic nitrogens is 2. The molecule has 6 heteroatoms. The third-order valence-corrected chi connectivity index (χ3v) is 3.91. The van der Waals surface area contributed by atoms with E-state index in [1.807, 2.05) is 0 Å². The van der Waals surface area contributed by atoms with E-state index >= 15 is 0 Å². The standard InChI is InChI=1S/C10H4Cl3IN2/c11-5-2-1-3-6(12)8(5)10-15-4-7(14)9(13)16-10/h1-4H. The Hall–Kier alpha value is -0.100. The first-order valence-corrected chi connectivity index (χ1v) is 6.43. The second-order valence-electron chi connectivity index (χ2n) is 2.93. The topological polar surface area (TPSA) is 25.8 Å². The molecule has 0 aliphatic carbocycles. The van der Waals surface area contributed by atoms with Gasteiger partial charge in [0.15, 0.2) is 5.82 Å². The SMILES string of the molecule is Clc1cccc(Cl)c1-c1ncc(I)c(Cl)n1. The molecule has 0 atom stereocenters. The Kier molecular flexibility index (Phi) is 3.89. The predicted molar refractivity (Wildman–Crippen MR) is 75.2 cm³/mol. The van der Waals surface area contributed by atoms with Crippen LogP contribution in [0, 0.1) is 3.57 Å². The Labute approximate surface area is 121 Å². The molecule has 0 saturated carbocycles. The third kappa shape index (κ3) is 2.42. The Balaban J connectivity index is 2.63. The molecule has 1 aromatic carbocycles. The van der Waals surface area contributed by atoms with Crippen LogP contribution in [0.2, 0.25) is 15.2 Å². The van der Waals surface area contributed by atoms with E-state index < -0.39 is 0 Å². The van der Waals surface area contributed by atoms with Crippen LogP contribution >= 0.6 is 57.4 Å². The summed E-state index contributed by atoms with van der Waals surface area (Å²) in [6, 6.07) is 5.23. The lowest BCUT2D eigenvalue weighted by Crippen LogP contribution is -1.92. The highest BCUT2D eigenvalue weighted by Gasteiger charge is 2.12. The van der Waals surface area contributed by atoms with E-state index in [1.54, 1.807) is 24.4 Å². The second kappa shape index (κ2) is 5.04. The molecular weight excluding hydrogens is 381 g/mol. The second-order valence-corrected chi connectivity index (χ2v) is 5.26. The van der Waals surface area contributed by atoms with E-state index in [0.29, 0.717) is 26.6 Å². The van der Waals surface area contributed by atoms with Crippen molar-refractivity contribution in [3.8, 4) is 11.4 Å². The molecule has 0 N–H and O–H groups in total. The molecule has 16 heavy (non-hydrogen) atoms. The quantitative estimate of drug-likeness (QED) is 0.525. The van der Waals surface area contributed by atoms with E-state index in [1.165, 1.54) is 0 Å². The van der Waals surface area contributed by atoms with E-state index in [-0.39, 0.29) is 0 Å². The average molecular weight is 385 g/mol. The van der Waals surface area contributed by atoms with E-state index in [0.717, 1.165) is 3.57 Å². The number of hydrogen-bond acceptors (Lipinski definition) is 2. The van der Waals surface area contributed by atoms with Gasteiger partial charge < -0.3 is 0 Å². The van der Waals surface area contributed by atoms with Gasteiger partial charge in [-0.3, -0.25) is 0 Å². The first kappa shape index (κ1) is 12.4. The van der Waals surface area contributed by atoms with Gasteiger partial charge in [-0.15, -0.1) is 0 Å². The summed E-state index contributed by atoms with van der Waals surface area (Å²) in [5, 5.41) is 1.40. The van der Waals surface area contributed by atoms with Crippen LogP contribution in [0.1, 0.15) is 0 Å². The molecule has 0 bridgehead atoms. The maximum atomic E-state index is 6.05.